The zero-order chi connectivity index (χ0) is 22.6. The molecule has 0 radical (unpaired) electrons. The highest BCUT2D eigenvalue weighted by molar-refractivity contribution is 7.90. The molecule has 0 atom stereocenters. The molecule has 1 heterocycles. The summed E-state index contributed by atoms with van der Waals surface area (Å²) in [5.41, 5.74) is 2.43. The molecule has 0 amide bonds. The lowest BCUT2D eigenvalue weighted by molar-refractivity contribution is 0.250. The smallest absolute Gasteiger partial charge is 0.240 e. The average Bonchev–Trinajstić information content (AvgIpc) is 2.75. The molecular formula is C21H28N2O6S2. The van der Waals surface area contributed by atoms with Gasteiger partial charge in [-0.15, -0.1) is 0 Å². The van der Waals surface area contributed by atoms with Crippen LogP contribution < -0.4 is 14.2 Å². The fourth-order valence-corrected chi connectivity index (χ4v) is 5.30. The molecule has 1 aliphatic heterocycles. The van der Waals surface area contributed by atoms with E-state index in [1.54, 1.807) is 14.2 Å². The average molecular weight is 469 g/mol. The Balaban J connectivity index is 1.53. The van der Waals surface area contributed by atoms with Crippen LogP contribution in [-0.4, -0.2) is 61.8 Å². The minimum absolute atomic E-state index is 0.0489. The second kappa shape index (κ2) is 9.56. The second-order valence-corrected chi connectivity index (χ2v) is 11.3. The molecule has 170 valence electrons. The quantitative estimate of drug-likeness (QED) is 0.560. The van der Waals surface area contributed by atoms with E-state index in [0.717, 1.165) is 38.1 Å². The Kier molecular flexibility index (Phi) is 7.25. The van der Waals surface area contributed by atoms with Gasteiger partial charge in [0.15, 0.2) is 21.3 Å². The van der Waals surface area contributed by atoms with Crippen LogP contribution in [0.3, 0.4) is 0 Å². The summed E-state index contributed by atoms with van der Waals surface area (Å²) in [4.78, 5) is 2.42. The number of nitrogens with one attached hydrogen (secondary N) is 1. The van der Waals surface area contributed by atoms with Crippen LogP contribution in [0.25, 0.3) is 0 Å². The van der Waals surface area contributed by atoms with E-state index in [1.807, 2.05) is 12.1 Å². The zero-order valence-corrected chi connectivity index (χ0v) is 19.6. The second-order valence-electron chi connectivity index (χ2n) is 7.50. The lowest BCUT2D eigenvalue weighted by Crippen LogP contribution is -2.33. The van der Waals surface area contributed by atoms with Crippen LogP contribution in [0.5, 0.6) is 11.5 Å². The topological polar surface area (TPSA) is 102 Å². The highest BCUT2D eigenvalue weighted by atomic mass is 32.2. The molecule has 8 nitrogen and oxygen atoms in total. The van der Waals surface area contributed by atoms with Gasteiger partial charge in [0.2, 0.25) is 10.0 Å². The Morgan fingerprint density at radius 2 is 1.52 bits per heavy atom. The molecule has 0 unspecified atom stereocenters. The molecule has 10 heteroatoms. The lowest BCUT2D eigenvalue weighted by atomic mass is 9.98. The molecule has 0 fully saturated rings. The number of benzene rings is 2. The van der Waals surface area contributed by atoms with Crippen molar-refractivity contribution in [2.75, 3.05) is 40.1 Å². The van der Waals surface area contributed by atoms with E-state index in [-0.39, 0.29) is 9.79 Å². The van der Waals surface area contributed by atoms with Crippen LogP contribution in [0.4, 0.5) is 0 Å². The highest BCUT2D eigenvalue weighted by Gasteiger charge is 2.20. The van der Waals surface area contributed by atoms with Gasteiger partial charge in [-0.05, 0) is 66.9 Å². The van der Waals surface area contributed by atoms with Crippen molar-refractivity contribution in [2.24, 2.45) is 0 Å². The van der Waals surface area contributed by atoms with Gasteiger partial charge in [0, 0.05) is 25.9 Å². The van der Waals surface area contributed by atoms with Crippen molar-refractivity contribution >= 4 is 19.9 Å². The summed E-state index contributed by atoms with van der Waals surface area (Å²) in [6.45, 7) is 2.71. The van der Waals surface area contributed by atoms with E-state index in [2.05, 4.69) is 9.62 Å². The number of sulfone groups is 1. The predicted molar refractivity (Wildman–Crippen MR) is 118 cm³/mol. The number of rotatable bonds is 9. The molecule has 2 aromatic rings. The van der Waals surface area contributed by atoms with Crippen LogP contribution in [0.1, 0.15) is 17.5 Å². The van der Waals surface area contributed by atoms with Gasteiger partial charge in [0.05, 0.1) is 24.0 Å². The largest absolute Gasteiger partial charge is 0.493 e. The maximum absolute atomic E-state index is 12.4. The molecule has 0 aromatic heterocycles. The molecule has 1 aliphatic rings. The molecule has 0 bridgehead atoms. The fourth-order valence-electron chi connectivity index (χ4n) is 3.59. The molecule has 31 heavy (non-hydrogen) atoms. The monoisotopic (exact) mass is 468 g/mol. The van der Waals surface area contributed by atoms with E-state index < -0.39 is 19.9 Å². The van der Waals surface area contributed by atoms with Crippen molar-refractivity contribution in [1.82, 2.24) is 9.62 Å². The van der Waals surface area contributed by atoms with Crippen LogP contribution >= 0.6 is 0 Å². The summed E-state index contributed by atoms with van der Waals surface area (Å²) >= 11 is 0. The van der Waals surface area contributed by atoms with Gasteiger partial charge in [-0.25, -0.2) is 21.6 Å². The van der Waals surface area contributed by atoms with E-state index in [0.29, 0.717) is 18.7 Å². The van der Waals surface area contributed by atoms with Crippen LogP contribution in [0.2, 0.25) is 0 Å². The van der Waals surface area contributed by atoms with Gasteiger partial charge in [-0.2, -0.15) is 0 Å². The van der Waals surface area contributed by atoms with Gasteiger partial charge in [0.25, 0.3) is 0 Å². The molecule has 2 aromatic carbocycles. The molecule has 0 aliphatic carbocycles. The number of sulfonamides is 1. The summed E-state index contributed by atoms with van der Waals surface area (Å²) in [5.74, 6) is 1.44. The summed E-state index contributed by atoms with van der Waals surface area (Å²) in [6.07, 6.45) is 2.64. The van der Waals surface area contributed by atoms with Crippen molar-refractivity contribution in [1.29, 1.82) is 0 Å². The summed E-state index contributed by atoms with van der Waals surface area (Å²) in [7, 11) is -3.81. The molecule has 0 saturated carbocycles. The van der Waals surface area contributed by atoms with Gasteiger partial charge >= 0.3 is 0 Å². The van der Waals surface area contributed by atoms with E-state index in [1.165, 1.54) is 35.4 Å². The molecule has 0 saturated heterocycles. The number of methoxy groups -OCH3 is 2. The third-order valence-electron chi connectivity index (χ3n) is 5.30. The van der Waals surface area contributed by atoms with Gasteiger partial charge in [0.1, 0.15) is 0 Å². The summed E-state index contributed by atoms with van der Waals surface area (Å²) < 4.78 is 61.3. The normalized spacial score (nSPS) is 14.8. The minimum Gasteiger partial charge on any atom is -0.493 e. The molecule has 3 rings (SSSR count). The number of nitrogens with zero attached hydrogens (tertiary/aromatic N) is 1. The van der Waals surface area contributed by atoms with Crippen LogP contribution in [-0.2, 0) is 32.8 Å². The van der Waals surface area contributed by atoms with Crippen LogP contribution in [0.15, 0.2) is 46.2 Å². The Bertz CT molecular complexity index is 1130. The number of hydrogen-bond acceptors (Lipinski definition) is 7. The first-order chi connectivity index (χ1) is 14.6. The first kappa shape index (κ1) is 23.5. The third-order valence-corrected chi connectivity index (χ3v) is 7.91. The minimum atomic E-state index is -3.68. The molecule has 1 N–H and O–H groups in total. The molecular weight excluding hydrogens is 440 g/mol. The van der Waals surface area contributed by atoms with Crippen LogP contribution in [0, 0.1) is 0 Å². The van der Waals surface area contributed by atoms with Crippen molar-refractivity contribution in [2.45, 2.75) is 29.2 Å². The number of fused-ring (bicyclic) bond motifs is 1. The maximum Gasteiger partial charge on any atom is 0.240 e. The van der Waals surface area contributed by atoms with Crippen molar-refractivity contribution in [3.8, 4) is 11.5 Å². The highest BCUT2D eigenvalue weighted by Crippen LogP contribution is 2.33. The van der Waals surface area contributed by atoms with E-state index >= 15 is 0 Å². The van der Waals surface area contributed by atoms with Gasteiger partial charge in [-0.1, -0.05) is 0 Å². The number of hydrogen-bond donors (Lipinski definition) is 1. The van der Waals surface area contributed by atoms with Gasteiger partial charge < -0.3 is 9.47 Å². The predicted octanol–water partition coefficient (Wildman–Crippen LogP) is 1.83. The first-order valence-corrected chi connectivity index (χ1v) is 13.3. The summed E-state index contributed by atoms with van der Waals surface area (Å²) in [6, 6.07) is 9.25. The Labute approximate surface area is 184 Å². The van der Waals surface area contributed by atoms with Gasteiger partial charge in [-0.3, -0.25) is 4.90 Å². The van der Waals surface area contributed by atoms with Crippen molar-refractivity contribution in [3.63, 3.8) is 0 Å². The molecule has 0 spiro atoms. The fraction of sp³-hybridized carbons (Fsp3) is 0.429. The number of ether oxygens (including phenoxy) is 2. The van der Waals surface area contributed by atoms with E-state index in [4.69, 9.17) is 9.47 Å². The summed E-state index contributed by atoms with van der Waals surface area (Å²) in [5, 5.41) is 0. The van der Waals surface area contributed by atoms with E-state index in [9.17, 15) is 16.8 Å². The SMILES string of the molecule is COc1cc2c(cc1OC)CN(CCCNS(=O)(=O)c1ccc(S(C)(=O)=O)cc1)CC2. The lowest BCUT2D eigenvalue weighted by Gasteiger charge is -2.29. The van der Waals surface area contributed by atoms with Crippen molar-refractivity contribution in [3.05, 3.63) is 47.5 Å². The Morgan fingerprint density at radius 1 is 0.935 bits per heavy atom. The Hall–Kier alpha value is -2.14. The zero-order valence-electron chi connectivity index (χ0n) is 17.9. The standard InChI is InChI=1S/C21H28N2O6S2/c1-28-20-13-16-9-12-23(15-17(16)14-21(20)29-2)11-4-10-22-31(26,27)19-7-5-18(6-8-19)30(3,24)25/h5-8,13-14,22H,4,9-12,15H2,1-3H3. The maximum atomic E-state index is 12.4. The van der Waals surface area contributed by atoms with Crippen molar-refractivity contribution < 1.29 is 26.3 Å². The first-order valence-electron chi connectivity index (χ1n) is 9.90. The Morgan fingerprint density at radius 3 is 2.10 bits per heavy atom. The third kappa shape index (κ3) is 5.76.